The Labute approximate surface area is 190 Å². The average molecular weight is 488 g/mol. The van der Waals surface area contributed by atoms with Crippen LogP contribution in [0.25, 0.3) is 0 Å². The molecule has 0 heterocycles. The molecule has 1 amide bonds. The maximum Gasteiger partial charge on any atom is 0.316 e. The van der Waals surface area contributed by atoms with Crippen LogP contribution < -0.4 is 19.9 Å². The van der Waals surface area contributed by atoms with E-state index in [1.54, 1.807) is 20.8 Å². The minimum absolute atomic E-state index is 0. The Morgan fingerprint density at radius 3 is 2.00 bits per heavy atom. The van der Waals surface area contributed by atoms with Crippen LogP contribution in [0.4, 0.5) is 5.69 Å². The van der Waals surface area contributed by atoms with E-state index >= 15 is 0 Å². The van der Waals surface area contributed by atoms with Crippen molar-refractivity contribution in [2.45, 2.75) is 25.7 Å². The van der Waals surface area contributed by atoms with Crippen LogP contribution in [0.1, 0.15) is 31.1 Å². The van der Waals surface area contributed by atoms with Gasteiger partial charge >= 0.3 is 5.97 Å². The summed E-state index contributed by atoms with van der Waals surface area (Å²) >= 11 is 0. The zero-order chi connectivity index (χ0) is 22.5. The molecule has 33 heavy (non-hydrogen) atoms. The number of para-hydroxylation sites is 1. The Bertz CT molecular complexity index is 1060. The highest BCUT2D eigenvalue weighted by Crippen LogP contribution is 2.23. The molecular formula is C20H27N2O10S-. The van der Waals surface area contributed by atoms with E-state index in [2.05, 4.69) is 10.0 Å². The molecule has 2 aromatic carbocycles. The number of carbonyl (C=O) groups is 3. The molecule has 0 fully saturated rings. The van der Waals surface area contributed by atoms with Gasteiger partial charge in [0.15, 0.2) is 0 Å². The number of rotatable bonds is 7. The van der Waals surface area contributed by atoms with Crippen LogP contribution >= 0.6 is 0 Å². The maximum absolute atomic E-state index is 12.7. The molecule has 0 saturated carbocycles. The third kappa shape index (κ3) is 8.86. The predicted molar refractivity (Wildman–Crippen MR) is 117 cm³/mol. The van der Waals surface area contributed by atoms with Gasteiger partial charge in [0, 0.05) is 0 Å². The van der Waals surface area contributed by atoms with Gasteiger partial charge in [-0.3, -0.25) is 14.3 Å². The van der Waals surface area contributed by atoms with Crippen molar-refractivity contribution in [2.75, 3.05) is 11.3 Å². The number of amides is 1. The fourth-order valence-corrected chi connectivity index (χ4v) is 3.25. The zero-order valence-electron chi connectivity index (χ0n) is 18.1. The number of benzene rings is 2. The number of aliphatic carboxylic acids is 1. The molecule has 12 nitrogen and oxygen atoms in total. The van der Waals surface area contributed by atoms with E-state index < -0.39 is 39.8 Å². The molecule has 13 heteroatoms. The Morgan fingerprint density at radius 2 is 1.48 bits per heavy atom. The molecular weight excluding hydrogens is 460 g/mol. The first-order chi connectivity index (χ1) is 13.9. The van der Waals surface area contributed by atoms with Crippen molar-refractivity contribution in [1.82, 2.24) is 5.32 Å². The second-order valence-corrected chi connectivity index (χ2v) is 9.00. The normalized spacial score (nSPS) is 10.4. The zero-order valence-corrected chi connectivity index (χ0v) is 18.9. The third-order valence-electron chi connectivity index (χ3n) is 3.77. The number of hydrogen-bond acceptors (Lipinski definition) is 7. The minimum atomic E-state index is -4.07. The lowest BCUT2D eigenvalue weighted by atomic mass is 9.97. The van der Waals surface area contributed by atoms with Crippen molar-refractivity contribution in [3.63, 3.8) is 0 Å². The summed E-state index contributed by atoms with van der Waals surface area (Å²) in [5.41, 5.74) is -0.803. The first-order valence-corrected chi connectivity index (χ1v) is 10.3. The monoisotopic (exact) mass is 487 g/mol. The largest absolute Gasteiger partial charge is 0.548 e. The number of hydrogen-bond donors (Lipinski definition) is 2. The Morgan fingerprint density at radius 1 is 0.939 bits per heavy atom. The van der Waals surface area contributed by atoms with E-state index in [1.165, 1.54) is 48.5 Å². The van der Waals surface area contributed by atoms with E-state index in [9.17, 15) is 27.9 Å². The van der Waals surface area contributed by atoms with Gasteiger partial charge in [-0.2, -0.15) is 0 Å². The minimum Gasteiger partial charge on any atom is -0.548 e. The van der Waals surface area contributed by atoms with Gasteiger partial charge in [0.25, 0.3) is 15.9 Å². The number of esters is 1. The van der Waals surface area contributed by atoms with E-state index in [4.69, 9.17) is 4.74 Å². The lowest BCUT2D eigenvalue weighted by Crippen LogP contribution is -2.38. The molecule has 0 atom stereocenters. The Kier molecular flexibility index (Phi) is 12.0. The molecule has 0 aliphatic carbocycles. The van der Waals surface area contributed by atoms with Crippen LogP contribution in [0, 0.1) is 5.41 Å². The van der Waals surface area contributed by atoms with Gasteiger partial charge in [0.05, 0.1) is 34.1 Å². The maximum atomic E-state index is 12.7. The van der Waals surface area contributed by atoms with Crippen LogP contribution in [0.3, 0.4) is 0 Å². The topological polar surface area (TPSA) is 236 Å². The first-order valence-electron chi connectivity index (χ1n) is 8.82. The van der Waals surface area contributed by atoms with Crippen LogP contribution in [0.5, 0.6) is 5.75 Å². The van der Waals surface area contributed by atoms with Crippen LogP contribution in [-0.2, 0) is 19.6 Å². The van der Waals surface area contributed by atoms with E-state index in [0.29, 0.717) is 0 Å². The van der Waals surface area contributed by atoms with E-state index in [-0.39, 0.29) is 38.3 Å². The molecule has 0 bridgehead atoms. The van der Waals surface area contributed by atoms with Crippen LogP contribution in [-0.4, -0.2) is 49.2 Å². The highest BCUT2D eigenvalue weighted by molar-refractivity contribution is 7.92. The molecule has 0 aromatic heterocycles. The summed E-state index contributed by atoms with van der Waals surface area (Å²) in [5.74, 6) is -2.53. The molecule has 0 aliphatic heterocycles. The fraction of sp³-hybridized carbons (Fsp3) is 0.250. The summed E-state index contributed by atoms with van der Waals surface area (Å²) in [6.07, 6.45) is 0. The lowest BCUT2D eigenvalue weighted by molar-refractivity contribution is -0.303. The smallest absolute Gasteiger partial charge is 0.316 e. The molecule has 8 N–H and O–H groups in total. The van der Waals surface area contributed by atoms with Crippen molar-refractivity contribution < 1.29 is 49.1 Å². The number of carbonyl (C=O) groups excluding carboxylic acids is 3. The summed E-state index contributed by atoms with van der Waals surface area (Å²) in [6, 6.07) is 10.9. The predicted octanol–water partition coefficient (Wildman–Crippen LogP) is -1.56. The molecule has 0 saturated heterocycles. The van der Waals surface area contributed by atoms with Crippen molar-refractivity contribution in [1.29, 1.82) is 0 Å². The molecule has 0 spiro atoms. The van der Waals surface area contributed by atoms with Gasteiger partial charge in [0.2, 0.25) is 0 Å². The quantitative estimate of drug-likeness (QED) is 0.344. The SMILES string of the molecule is CC(C)(C)C(=O)Oc1ccc(S(=O)(=O)Nc2ccccc2C(=O)NCC(=O)[O-])cc1.O.O.O. The Balaban J connectivity index is 0. The number of ether oxygens (including phenoxy) is 1. The molecule has 0 radical (unpaired) electrons. The van der Waals surface area contributed by atoms with Gasteiger partial charge in [-0.05, 0) is 57.2 Å². The average Bonchev–Trinajstić information content (AvgIpc) is 2.66. The van der Waals surface area contributed by atoms with Gasteiger partial charge in [0.1, 0.15) is 5.75 Å². The summed E-state index contributed by atoms with van der Waals surface area (Å²) in [6.45, 7) is 4.37. The van der Waals surface area contributed by atoms with Crippen molar-refractivity contribution >= 4 is 33.6 Å². The summed E-state index contributed by atoms with van der Waals surface area (Å²) < 4.78 is 32.9. The molecule has 2 rings (SSSR count). The van der Waals surface area contributed by atoms with Crippen molar-refractivity contribution in [3.8, 4) is 5.75 Å². The van der Waals surface area contributed by atoms with E-state index in [1.807, 2.05) is 0 Å². The number of anilines is 1. The van der Waals surface area contributed by atoms with E-state index in [0.717, 1.165) is 0 Å². The number of carboxylic acids is 1. The molecule has 0 aliphatic rings. The molecule has 0 unspecified atom stereocenters. The van der Waals surface area contributed by atoms with Gasteiger partial charge in [-0.15, -0.1) is 0 Å². The van der Waals surface area contributed by atoms with Crippen LogP contribution in [0.2, 0.25) is 0 Å². The van der Waals surface area contributed by atoms with Crippen molar-refractivity contribution in [2.24, 2.45) is 5.41 Å². The molecule has 184 valence electrons. The third-order valence-corrected chi connectivity index (χ3v) is 5.15. The summed E-state index contributed by atoms with van der Waals surface area (Å²) in [5, 5.41) is 12.6. The van der Waals surface area contributed by atoms with Gasteiger partial charge in [-0.1, -0.05) is 12.1 Å². The Hall–Kier alpha value is -3.52. The number of sulfonamides is 1. The van der Waals surface area contributed by atoms with Crippen molar-refractivity contribution in [3.05, 3.63) is 54.1 Å². The highest BCUT2D eigenvalue weighted by atomic mass is 32.2. The fourth-order valence-electron chi connectivity index (χ4n) is 2.17. The summed E-state index contributed by atoms with van der Waals surface area (Å²) in [4.78, 5) is 34.4. The lowest BCUT2D eigenvalue weighted by Gasteiger charge is -2.16. The molecule has 2 aromatic rings. The number of carboxylic acid groups (broad SMARTS) is 1. The highest BCUT2D eigenvalue weighted by Gasteiger charge is 2.24. The second-order valence-electron chi connectivity index (χ2n) is 7.32. The standard InChI is InChI=1S/C20H22N2O7S.3H2O/c1-20(2,3)19(26)29-13-8-10-14(11-9-13)30(27,28)22-16-7-5-4-6-15(16)18(25)21-12-17(23)24;;;/h4-11,22H,12H2,1-3H3,(H,21,25)(H,23,24);3*1H2/p-1. The van der Waals surface area contributed by atoms with Gasteiger partial charge in [-0.25, -0.2) is 8.42 Å². The first kappa shape index (κ1) is 31.7. The van der Waals surface area contributed by atoms with Gasteiger partial charge < -0.3 is 36.4 Å². The summed E-state index contributed by atoms with van der Waals surface area (Å²) in [7, 11) is -4.07. The number of nitrogens with one attached hydrogen (secondary N) is 2. The van der Waals surface area contributed by atoms with Crippen LogP contribution in [0.15, 0.2) is 53.4 Å². The second kappa shape index (κ2) is 12.5.